The molecule has 3 fully saturated rings. The molecule has 0 aromatic heterocycles. The molecule has 2 N–H and O–H groups in total. The highest BCUT2D eigenvalue weighted by atomic mass is 16.5. The fourth-order valence-electron chi connectivity index (χ4n) is 6.48. The van der Waals surface area contributed by atoms with E-state index in [0.29, 0.717) is 12.5 Å². The Labute approximate surface area is 214 Å². The van der Waals surface area contributed by atoms with Gasteiger partial charge in [0.1, 0.15) is 11.8 Å². The lowest BCUT2D eigenvalue weighted by Gasteiger charge is -2.60. The number of carbonyl (C=O) groups is 1. The van der Waals surface area contributed by atoms with Crippen LogP contribution in [0.3, 0.4) is 0 Å². The Morgan fingerprint density at radius 3 is 2.25 bits per heavy atom. The Balaban J connectivity index is 1.51. The molecule has 0 amide bonds. The molecule has 4 atom stereocenters. The van der Waals surface area contributed by atoms with E-state index < -0.39 is 17.6 Å². The summed E-state index contributed by atoms with van der Waals surface area (Å²) in [4.78, 5) is 15.1. The topological polar surface area (TPSA) is 61.8 Å². The second kappa shape index (κ2) is 10.1. The van der Waals surface area contributed by atoms with Gasteiger partial charge in [0.15, 0.2) is 0 Å². The first-order chi connectivity index (χ1) is 17.5. The molecular weight excluding hydrogens is 448 g/mol. The monoisotopic (exact) mass is 484 g/mol. The van der Waals surface area contributed by atoms with Crippen molar-refractivity contribution in [3.63, 3.8) is 0 Å². The number of carboxylic acids is 1. The van der Waals surface area contributed by atoms with E-state index >= 15 is 0 Å². The first-order valence-corrected chi connectivity index (χ1v) is 13.0. The van der Waals surface area contributed by atoms with Crippen LogP contribution in [0, 0.1) is 5.92 Å². The highest BCUT2D eigenvalue weighted by Crippen LogP contribution is 2.52. The molecule has 3 heterocycles. The molecule has 5 nitrogen and oxygen atoms in total. The van der Waals surface area contributed by atoms with Crippen molar-refractivity contribution in [2.75, 3.05) is 13.7 Å². The zero-order valence-corrected chi connectivity index (χ0v) is 21.4. The molecule has 0 radical (unpaired) electrons. The smallest absolute Gasteiger partial charge is 0.322 e. The quantitative estimate of drug-likeness (QED) is 0.448. The summed E-state index contributed by atoms with van der Waals surface area (Å²) in [6.07, 6.45) is 1.86. The summed E-state index contributed by atoms with van der Waals surface area (Å²) < 4.78 is 5.64. The van der Waals surface area contributed by atoms with Gasteiger partial charge in [-0.3, -0.25) is 9.69 Å². The minimum absolute atomic E-state index is 0.149. The van der Waals surface area contributed by atoms with Gasteiger partial charge in [0.25, 0.3) is 0 Å². The standard InChI is InChI=1S/C31H36N2O3/c1-21(2)22-14-15-27(36-3)24(18-22)20-32-28-23-16-17-33(29(28)30(34)35)31(19-23,25-10-6-4-7-11-25)26-12-8-5-9-13-26/h4-15,18,21,23,28-29,32H,16-17,19-20H2,1-3H3,(H,34,35)/t23-,28-,29-/m0/s1. The van der Waals surface area contributed by atoms with Crippen LogP contribution in [0.2, 0.25) is 0 Å². The fraction of sp³-hybridized carbons (Fsp3) is 0.387. The number of benzene rings is 3. The molecule has 3 aliphatic heterocycles. The number of hydrogen-bond donors (Lipinski definition) is 2. The van der Waals surface area contributed by atoms with Crippen LogP contribution in [-0.2, 0) is 16.9 Å². The van der Waals surface area contributed by atoms with Gasteiger partial charge in [-0.2, -0.15) is 0 Å². The van der Waals surface area contributed by atoms with Crippen molar-refractivity contribution in [3.8, 4) is 5.75 Å². The number of carboxylic acid groups (broad SMARTS) is 1. The maximum atomic E-state index is 12.9. The Hall–Kier alpha value is -3.15. The number of fused-ring (bicyclic) bond motifs is 3. The zero-order chi connectivity index (χ0) is 25.3. The van der Waals surface area contributed by atoms with Gasteiger partial charge in [-0.15, -0.1) is 0 Å². The van der Waals surface area contributed by atoms with Gasteiger partial charge in [-0.25, -0.2) is 0 Å². The minimum atomic E-state index is -0.768. The lowest BCUT2D eigenvalue weighted by atomic mass is 9.63. The van der Waals surface area contributed by atoms with Gasteiger partial charge in [0.05, 0.1) is 12.6 Å². The number of ether oxygens (including phenoxy) is 1. The molecule has 6 rings (SSSR count). The largest absolute Gasteiger partial charge is 0.496 e. The van der Waals surface area contributed by atoms with E-state index in [1.807, 2.05) is 18.2 Å². The Bertz CT molecular complexity index is 1160. The van der Waals surface area contributed by atoms with Crippen molar-refractivity contribution < 1.29 is 14.6 Å². The predicted octanol–water partition coefficient (Wildman–Crippen LogP) is 5.40. The Morgan fingerprint density at radius 1 is 1.06 bits per heavy atom. The second-order valence-corrected chi connectivity index (χ2v) is 10.5. The second-order valence-electron chi connectivity index (χ2n) is 10.5. The van der Waals surface area contributed by atoms with Gasteiger partial charge < -0.3 is 15.2 Å². The molecule has 3 aliphatic rings. The van der Waals surface area contributed by atoms with Crippen LogP contribution in [-0.4, -0.2) is 41.7 Å². The molecular formula is C31H36N2O3. The van der Waals surface area contributed by atoms with Crippen molar-refractivity contribution in [2.24, 2.45) is 5.92 Å². The summed E-state index contributed by atoms with van der Waals surface area (Å²) in [6.45, 7) is 5.70. The Morgan fingerprint density at radius 2 is 1.69 bits per heavy atom. The summed E-state index contributed by atoms with van der Waals surface area (Å²) in [6, 6.07) is 26.4. The molecule has 3 saturated heterocycles. The van der Waals surface area contributed by atoms with Crippen LogP contribution in [0.5, 0.6) is 5.75 Å². The Kier molecular flexibility index (Phi) is 6.87. The number of rotatable bonds is 8. The maximum Gasteiger partial charge on any atom is 0.322 e. The molecule has 0 spiro atoms. The molecule has 2 bridgehead atoms. The van der Waals surface area contributed by atoms with Gasteiger partial charge in [0.2, 0.25) is 0 Å². The van der Waals surface area contributed by atoms with Gasteiger partial charge in [-0.05, 0) is 47.4 Å². The van der Waals surface area contributed by atoms with E-state index in [1.165, 1.54) is 5.56 Å². The normalized spacial score (nSPS) is 24.6. The number of piperidine rings is 3. The lowest BCUT2D eigenvalue weighted by molar-refractivity contribution is -0.159. The van der Waals surface area contributed by atoms with Crippen LogP contribution in [0.1, 0.15) is 54.9 Å². The summed E-state index contributed by atoms with van der Waals surface area (Å²) in [5, 5.41) is 14.2. The molecule has 1 unspecified atom stereocenters. The lowest BCUT2D eigenvalue weighted by Crippen LogP contribution is -2.72. The zero-order valence-electron chi connectivity index (χ0n) is 21.4. The van der Waals surface area contributed by atoms with Crippen molar-refractivity contribution in [1.82, 2.24) is 10.2 Å². The highest BCUT2D eigenvalue weighted by molar-refractivity contribution is 5.76. The van der Waals surface area contributed by atoms with Gasteiger partial charge in [-0.1, -0.05) is 86.6 Å². The van der Waals surface area contributed by atoms with E-state index in [9.17, 15) is 9.90 Å². The molecule has 3 aromatic carbocycles. The fourth-order valence-corrected chi connectivity index (χ4v) is 6.48. The van der Waals surface area contributed by atoms with Crippen LogP contribution < -0.4 is 10.1 Å². The van der Waals surface area contributed by atoms with E-state index in [1.54, 1.807) is 7.11 Å². The number of nitrogens with one attached hydrogen (secondary N) is 1. The summed E-state index contributed by atoms with van der Waals surface area (Å²) in [5.41, 5.74) is 4.20. The third-order valence-corrected chi connectivity index (χ3v) is 8.23. The van der Waals surface area contributed by atoms with E-state index in [2.05, 4.69) is 84.7 Å². The van der Waals surface area contributed by atoms with Gasteiger partial charge >= 0.3 is 5.97 Å². The molecule has 188 valence electrons. The van der Waals surface area contributed by atoms with E-state index in [0.717, 1.165) is 41.8 Å². The van der Waals surface area contributed by atoms with Gasteiger partial charge in [0, 0.05) is 24.7 Å². The van der Waals surface area contributed by atoms with E-state index in [-0.39, 0.29) is 12.0 Å². The highest BCUT2D eigenvalue weighted by Gasteiger charge is 2.58. The molecule has 3 aromatic rings. The minimum Gasteiger partial charge on any atom is -0.496 e. The number of hydrogen-bond acceptors (Lipinski definition) is 4. The third-order valence-electron chi connectivity index (χ3n) is 8.23. The first-order valence-electron chi connectivity index (χ1n) is 13.0. The number of nitrogens with zero attached hydrogens (tertiary/aromatic N) is 1. The summed E-state index contributed by atoms with van der Waals surface area (Å²) in [5.74, 6) is 0.713. The average molecular weight is 485 g/mol. The van der Waals surface area contributed by atoms with E-state index in [4.69, 9.17) is 4.74 Å². The van der Waals surface area contributed by atoms with Crippen LogP contribution >= 0.6 is 0 Å². The first kappa shape index (κ1) is 24.5. The SMILES string of the molecule is COc1ccc(C(C)C)cc1CN[C@H]1[C@H]2CCN([C@@H]1C(=O)O)C(c1ccccc1)(c1ccccc1)C2. The van der Waals surface area contributed by atoms with Crippen molar-refractivity contribution in [3.05, 3.63) is 101 Å². The third kappa shape index (κ3) is 4.21. The van der Waals surface area contributed by atoms with Crippen molar-refractivity contribution in [1.29, 1.82) is 0 Å². The predicted molar refractivity (Wildman–Crippen MR) is 142 cm³/mol. The number of methoxy groups -OCH3 is 1. The molecule has 0 aliphatic carbocycles. The summed E-state index contributed by atoms with van der Waals surface area (Å²) in [7, 11) is 1.69. The van der Waals surface area contributed by atoms with Crippen molar-refractivity contribution >= 4 is 5.97 Å². The molecule has 0 saturated carbocycles. The van der Waals surface area contributed by atoms with Crippen molar-refractivity contribution in [2.45, 2.75) is 56.8 Å². The van der Waals surface area contributed by atoms with Crippen LogP contribution in [0.4, 0.5) is 0 Å². The maximum absolute atomic E-state index is 12.9. The summed E-state index contributed by atoms with van der Waals surface area (Å²) >= 11 is 0. The molecule has 5 heteroatoms. The number of aliphatic carboxylic acids is 1. The van der Waals surface area contributed by atoms with Crippen LogP contribution in [0.15, 0.2) is 78.9 Å². The average Bonchev–Trinajstić information content (AvgIpc) is 2.92. The molecule has 36 heavy (non-hydrogen) atoms. The van der Waals surface area contributed by atoms with Crippen LogP contribution in [0.25, 0.3) is 0 Å².